The Morgan fingerprint density at radius 3 is 1.20 bits per heavy atom. The largest absolute Gasteiger partial charge is 0.477 e. The van der Waals surface area contributed by atoms with Crippen molar-refractivity contribution in [1.82, 2.24) is 10.6 Å². The second kappa shape index (κ2) is 67.9. The van der Waals surface area contributed by atoms with Crippen LogP contribution in [-0.4, -0.2) is 215 Å². The van der Waals surface area contributed by atoms with E-state index in [2.05, 4.69) is 36.6 Å². The average Bonchev–Trinajstić information content (AvgIpc) is 0.754. The summed E-state index contributed by atoms with van der Waals surface area (Å²) in [5.74, 6) is -6.13. The molecule has 0 saturated carbocycles. The number of amides is 2. The van der Waals surface area contributed by atoms with Gasteiger partial charge >= 0.3 is 5.97 Å². The fourth-order valence-electron chi connectivity index (χ4n) is 16.1. The van der Waals surface area contributed by atoms with Crippen molar-refractivity contribution < 1.29 is 104 Å². The van der Waals surface area contributed by atoms with Gasteiger partial charge in [-0.3, -0.25) is 9.59 Å². The summed E-state index contributed by atoms with van der Waals surface area (Å²) in [4.78, 5) is 38.8. The molecule has 0 radical (unpaired) electrons. The van der Waals surface area contributed by atoms with Crippen molar-refractivity contribution in [1.29, 1.82) is 0 Å². The van der Waals surface area contributed by atoms with Crippen LogP contribution >= 0.6 is 0 Å². The second-order valence-corrected chi connectivity index (χ2v) is 33.5. The first-order valence-electron chi connectivity index (χ1n) is 46.2. The summed E-state index contributed by atoms with van der Waals surface area (Å²) < 4.78 is 35.0. The van der Waals surface area contributed by atoms with Crippen LogP contribution in [0, 0.1) is 0 Å². The van der Waals surface area contributed by atoms with Crippen LogP contribution in [-0.2, 0) is 42.8 Å². The van der Waals surface area contributed by atoms with Crippen LogP contribution in [0.5, 0.6) is 0 Å². The Hall–Kier alpha value is -2.79. The predicted molar refractivity (Wildman–Crippen MR) is 445 cm³/mol. The Kier molecular flexibility index (Phi) is 62.8. The number of allylic oxidation sites excluding steroid dienone is 3. The summed E-state index contributed by atoms with van der Waals surface area (Å²) in [6.45, 7) is 2.22. The van der Waals surface area contributed by atoms with E-state index in [4.69, 9.17) is 28.4 Å². The van der Waals surface area contributed by atoms with Crippen molar-refractivity contribution in [2.45, 2.75) is 503 Å². The van der Waals surface area contributed by atoms with E-state index >= 15 is 0 Å². The summed E-state index contributed by atoms with van der Waals surface area (Å²) >= 11 is 0. The van der Waals surface area contributed by atoms with E-state index in [1.54, 1.807) is 6.08 Å². The van der Waals surface area contributed by atoms with Gasteiger partial charge in [0.05, 0.1) is 50.7 Å². The Balaban J connectivity index is 1.42. The van der Waals surface area contributed by atoms with Gasteiger partial charge in [0.15, 0.2) is 12.6 Å². The van der Waals surface area contributed by atoms with Crippen LogP contribution in [0.4, 0.5) is 0 Å². The predicted octanol–water partition coefficient (Wildman–Crippen LogP) is 15.0. The fraction of sp³-hybridized carbons (Fsp3) is 0.922. The van der Waals surface area contributed by atoms with E-state index in [9.17, 15) is 75.7 Å². The number of aliphatic carboxylic acids is 1. The zero-order valence-corrected chi connectivity index (χ0v) is 71.0. The van der Waals surface area contributed by atoms with Crippen LogP contribution in [0.1, 0.15) is 393 Å². The highest BCUT2D eigenvalue weighted by atomic mass is 16.8. The van der Waals surface area contributed by atoms with Crippen LogP contribution in [0.2, 0.25) is 0 Å². The summed E-state index contributed by atoms with van der Waals surface area (Å²) in [5.41, 5.74) is 0. The van der Waals surface area contributed by atoms with Crippen LogP contribution in [0.15, 0.2) is 24.3 Å². The molecule has 0 bridgehead atoms. The molecule has 3 saturated heterocycles. The highest BCUT2D eigenvalue weighted by molar-refractivity contribution is 5.77. The minimum atomic E-state index is -3.08. The molecule has 3 fully saturated rings. The zero-order valence-electron chi connectivity index (χ0n) is 71.0. The molecule has 0 aliphatic carbocycles. The quantitative estimate of drug-likeness (QED) is 0.0199. The van der Waals surface area contributed by atoms with Crippen LogP contribution in [0.25, 0.3) is 0 Å². The van der Waals surface area contributed by atoms with E-state index in [-0.39, 0.29) is 12.3 Å². The van der Waals surface area contributed by atoms with Crippen LogP contribution < -0.4 is 10.6 Å². The van der Waals surface area contributed by atoms with Crippen molar-refractivity contribution in [2.75, 3.05) is 26.4 Å². The van der Waals surface area contributed by atoms with Crippen molar-refractivity contribution in [3.05, 3.63) is 24.3 Å². The Labute approximate surface area is 683 Å². The van der Waals surface area contributed by atoms with Gasteiger partial charge in [-0.2, -0.15) is 0 Å². The molecule has 0 aromatic heterocycles. The highest BCUT2D eigenvalue weighted by Crippen LogP contribution is 2.39. The lowest BCUT2D eigenvalue weighted by Crippen LogP contribution is -2.70. The minimum Gasteiger partial charge on any atom is -0.477 e. The summed E-state index contributed by atoms with van der Waals surface area (Å²) in [7, 11) is 0. The molecular formula is C90H168N2O21. The van der Waals surface area contributed by atoms with Gasteiger partial charge in [-0.1, -0.05) is 353 Å². The molecule has 0 spiro atoms. The van der Waals surface area contributed by atoms with E-state index < -0.39 is 155 Å². The van der Waals surface area contributed by atoms with Gasteiger partial charge in [-0.25, -0.2) is 4.79 Å². The van der Waals surface area contributed by atoms with Gasteiger partial charge in [-0.15, -0.1) is 0 Å². The summed E-state index contributed by atoms with van der Waals surface area (Å²) in [6.07, 6.45) is 51.0. The van der Waals surface area contributed by atoms with Gasteiger partial charge in [-0.05, 0) is 44.9 Å². The highest BCUT2D eigenvalue weighted by Gasteiger charge is 2.60. The first-order chi connectivity index (χ1) is 54.9. The number of nitrogens with one attached hydrogen (secondary N) is 2. The maximum Gasteiger partial charge on any atom is 0.364 e. The number of hydrogen-bond donors (Lipinski definition) is 14. The number of hydrogen-bond acceptors (Lipinski definition) is 20. The number of aliphatic hydroxyl groups excluding tert-OH is 11. The average molecular weight is 1610 g/mol. The molecule has 3 rings (SSSR count). The number of ether oxygens (including phenoxy) is 6. The maximum atomic E-state index is 13.6. The lowest BCUT2D eigenvalue weighted by Gasteiger charge is -2.50. The third-order valence-corrected chi connectivity index (χ3v) is 23.4. The second-order valence-electron chi connectivity index (χ2n) is 33.5. The van der Waals surface area contributed by atoms with E-state index in [0.29, 0.717) is 12.8 Å². The Morgan fingerprint density at radius 2 is 0.832 bits per heavy atom. The van der Waals surface area contributed by atoms with Crippen molar-refractivity contribution >= 4 is 17.8 Å². The molecule has 18 atom stereocenters. The van der Waals surface area contributed by atoms with Crippen molar-refractivity contribution in [3.63, 3.8) is 0 Å². The zero-order chi connectivity index (χ0) is 82.4. The third-order valence-electron chi connectivity index (χ3n) is 23.4. The molecule has 23 heteroatoms. The Bertz CT molecular complexity index is 2330. The number of aliphatic hydroxyl groups is 11. The van der Waals surface area contributed by atoms with Gasteiger partial charge in [0.1, 0.15) is 67.1 Å². The first-order valence-corrected chi connectivity index (χ1v) is 46.2. The lowest BCUT2D eigenvalue weighted by atomic mass is 9.88. The SMILES string of the molecule is CCCCCCCCCCCCCCCCCC/C=C\CCCCCCCCCCCCCCCCCCCC(=O)NC(COC1OC(CO)C(OC2OC(CO)C(O)C(OC3(C(=O)O)CC(O)C(NC(C)=O)C(C(O)C(O)CO)O3)C2O)C(O)C1O)C(O)/C=C/CCCCCCCCCCCCCCCCCCCCCC. The number of rotatable bonds is 75. The summed E-state index contributed by atoms with van der Waals surface area (Å²) in [5, 5.41) is 137. The van der Waals surface area contributed by atoms with Gasteiger partial charge in [0, 0.05) is 19.8 Å². The molecule has 14 N–H and O–H groups in total. The molecular weight excluding hydrogens is 1440 g/mol. The molecule has 0 aromatic carbocycles. The van der Waals surface area contributed by atoms with Gasteiger partial charge in [0.2, 0.25) is 11.8 Å². The molecule has 18 unspecified atom stereocenters. The molecule has 664 valence electrons. The van der Waals surface area contributed by atoms with Gasteiger partial charge in [0.25, 0.3) is 5.79 Å². The third kappa shape index (κ3) is 46.6. The molecule has 3 heterocycles. The molecule has 113 heavy (non-hydrogen) atoms. The van der Waals surface area contributed by atoms with Crippen molar-refractivity contribution in [3.8, 4) is 0 Å². The lowest BCUT2D eigenvalue weighted by molar-refractivity contribution is -0.386. The number of unbranched alkanes of at least 4 members (excludes halogenated alkanes) is 53. The first kappa shape index (κ1) is 104. The molecule has 0 aromatic rings. The van der Waals surface area contributed by atoms with Crippen molar-refractivity contribution in [2.24, 2.45) is 0 Å². The van der Waals surface area contributed by atoms with E-state index in [1.807, 2.05) is 6.08 Å². The normalized spacial score (nSPS) is 25.3. The van der Waals surface area contributed by atoms with Gasteiger partial charge < -0.3 is 100 Å². The van der Waals surface area contributed by atoms with E-state index in [1.165, 1.54) is 302 Å². The molecule has 2 amide bonds. The topological polar surface area (TPSA) is 373 Å². The molecule has 3 aliphatic rings. The van der Waals surface area contributed by atoms with E-state index in [0.717, 1.165) is 51.9 Å². The monoisotopic (exact) mass is 1610 g/mol. The van der Waals surface area contributed by atoms with Crippen LogP contribution in [0.3, 0.4) is 0 Å². The fourth-order valence-corrected chi connectivity index (χ4v) is 16.1. The minimum absolute atomic E-state index is 0.204. The maximum absolute atomic E-state index is 13.6. The number of carbonyl (C=O) groups is 3. The smallest absolute Gasteiger partial charge is 0.364 e. The standard InChI is InChI=1S/C90H168N2O21/c1-4-6-8-10-12-14-16-18-20-22-24-26-28-29-30-31-32-33-34-35-36-37-38-39-40-41-42-44-46-48-50-52-54-56-58-60-62-64-77(100)92-71(72(97)63-61-59-57-55-53-51-49-47-45-43-27-25-23-21-19-17-15-13-11-9-7-5-2)69-108-87-82(104)81(103)84(76(68-95)110-87)111-88-83(105)86(80(102)75(67-94)109-88)113-90(89(106)107)65-73(98)78(91-70(3)96)85(112-90)79(101)74(99)66-93/h33-34,61,63,71-76,78-88,93-95,97-99,101-105H,4-32,35-60,62,64-69H2,1-3H3,(H,91,96)(H,92,100)(H,106,107)/b34-33-,63-61+. The summed E-state index contributed by atoms with van der Waals surface area (Å²) in [6, 6.07) is -2.62. The molecule has 3 aliphatic heterocycles. The number of carboxylic acid groups (broad SMARTS) is 1. The molecule has 23 nitrogen and oxygen atoms in total. The number of carbonyl (C=O) groups excluding carboxylic acids is 2. The Morgan fingerprint density at radius 1 is 0.460 bits per heavy atom. The number of carboxylic acids is 1.